The molecule has 0 saturated carbocycles. The Labute approximate surface area is 193 Å². The lowest BCUT2D eigenvalue weighted by Gasteiger charge is -2.14. The molecule has 0 unspecified atom stereocenters. The van der Waals surface area contributed by atoms with Gasteiger partial charge in [-0.3, -0.25) is 4.79 Å². The molecule has 0 aromatic heterocycles. The molecule has 0 aliphatic rings. The fourth-order valence-electron chi connectivity index (χ4n) is 3.90. The molecular formula is C27H49NO2Si. The summed E-state index contributed by atoms with van der Waals surface area (Å²) in [6, 6.07) is 9.63. The molecule has 0 atom stereocenters. The molecule has 0 fully saturated rings. The average molecular weight is 448 g/mol. The third kappa shape index (κ3) is 17.0. The van der Waals surface area contributed by atoms with Gasteiger partial charge in [-0.15, -0.1) is 0 Å². The maximum Gasteiger partial charge on any atom is 0.310 e. The van der Waals surface area contributed by atoms with E-state index < -0.39 is 8.07 Å². The number of hydrogen-bond acceptors (Lipinski definition) is 3. The lowest BCUT2D eigenvalue weighted by Crippen LogP contribution is -2.18. The zero-order valence-corrected chi connectivity index (χ0v) is 21.9. The summed E-state index contributed by atoms with van der Waals surface area (Å²) in [6.07, 6.45) is 17.1. The number of hydrogen-bond donors (Lipinski definition) is 1. The fraction of sp³-hybridized carbons (Fsp3) is 0.741. The van der Waals surface area contributed by atoms with Crippen molar-refractivity contribution in [3.63, 3.8) is 0 Å². The van der Waals surface area contributed by atoms with Crippen LogP contribution in [-0.4, -0.2) is 27.2 Å². The maximum absolute atomic E-state index is 11.5. The molecule has 1 N–H and O–H groups in total. The van der Waals surface area contributed by atoms with Crippen LogP contribution in [0.4, 0.5) is 5.69 Å². The van der Waals surface area contributed by atoms with Gasteiger partial charge in [-0.05, 0) is 31.0 Å². The van der Waals surface area contributed by atoms with Gasteiger partial charge in [0.25, 0.3) is 0 Å². The number of benzene rings is 1. The Bertz CT molecular complexity index is 566. The third-order valence-corrected chi connectivity index (χ3v) is 7.64. The monoisotopic (exact) mass is 447 g/mol. The van der Waals surface area contributed by atoms with Crippen LogP contribution >= 0.6 is 0 Å². The van der Waals surface area contributed by atoms with Crippen molar-refractivity contribution < 1.29 is 9.53 Å². The van der Waals surface area contributed by atoms with Gasteiger partial charge in [-0.1, -0.05) is 108 Å². The van der Waals surface area contributed by atoms with Crippen LogP contribution < -0.4 is 5.32 Å². The molecule has 4 heteroatoms. The summed E-state index contributed by atoms with van der Waals surface area (Å²) >= 11 is 0. The first-order chi connectivity index (χ1) is 14.9. The van der Waals surface area contributed by atoms with Crippen LogP contribution in [-0.2, 0) is 16.0 Å². The summed E-state index contributed by atoms with van der Waals surface area (Å²) in [6.45, 7) is 10.8. The second kappa shape index (κ2) is 17.3. The number of carbonyl (C=O) groups excluding carboxylic acids is 1. The summed E-state index contributed by atoms with van der Waals surface area (Å²) in [4.78, 5) is 11.5. The van der Waals surface area contributed by atoms with Crippen molar-refractivity contribution in [2.45, 2.75) is 116 Å². The number of carbonyl (C=O) groups is 1. The maximum atomic E-state index is 11.5. The molecule has 0 saturated heterocycles. The molecule has 0 amide bonds. The van der Waals surface area contributed by atoms with Crippen molar-refractivity contribution in [1.29, 1.82) is 0 Å². The fourth-order valence-corrected chi connectivity index (χ4v) is 5.21. The number of unbranched alkanes of at least 4 members (excludes halogenated alkanes) is 11. The van der Waals surface area contributed by atoms with Crippen molar-refractivity contribution in [3.8, 4) is 0 Å². The molecule has 1 aromatic carbocycles. The van der Waals surface area contributed by atoms with Crippen LogP contribution in [0.2, 0.25) is 25.7 Å². The topological polar surface area (TPSA) is 38.3 Å². The van der Waals surface area contributed by atoms with Crippen LogP contribution in [0.3, 0.4) is 0 Å². The predicted octanol–water partition coefficient (Wildman–Crippen LogP) is 8.22. The molecule has 0 aliphatic carbocycles. The van der Waals surface area contributed by atoms with Crippen LogP contribution in [0.5, 0.6) is 0 Å². The summed E-state index contributed by atoms with van der Waals surface area (Å²) in [5.74, 6) is -0.156. The van der Waals surface area contributed by atoms with Gasteiger partial charge >= 0.3 is 5.97 Å². The molecule has 1 rings (SSSR count). The minimum atomic E-state index is -0.805. The Morgan fingerprint density at radius 2 is 1.26 bits per heavy atom. The first kappa shape index (κ1) is 27.7. The largest absolute Gasteiger partial charge is 0.466 e. The summed E-state index contributed by atoms with van der Waals surface area (Å²) in [5.41, 5.74) is 2.14. The second-order valence-corrected chi connectivity index (χ2v) is 15.8. The summed E-state index contributed by atoms with van der Waals surface area (Å²) < 4.78 is 4.99. The normalized spacial score (nSPS) is 11.5. The molecule has 0 bridgehead atoms. The highest BCUT2D eigenvalue weighted by molar-refractivity contribution is 6.76. The average Bonchev–Trinajstić information content (AvgIpc) is 2.71. The first-order valence-electron chi connectivity index (χ1n) is 12.9. The van der Waals surface area contributed by atoms with Gasteiger partial charge in [0.15, 0.2) is 0 Å². The molecule has 0 heterocycles. The van der Waals surface area contributed by atoms with Gasteiger partial charge in [0.1, 0.15) is 0 Å². The highest BCUT2D eigenvalue weighted by atomic mass is 28.3. The molecule has 178 valence electrons. The number of anilines is 1. The molecule has 3 nitrogen and oxygen atoms in total. The molecule has 1 aromatic rings. The van der Waals surface area contributed by atoms with E-state index in [4.69, 9.17) is 4.74 Å². The van der Waals surface area contributed by atoms with E-state index in [1.54, 1.807) is 0 Å². The van der Waals surface area contributed by atoms with Crippen molar-refractivity contribution >= 4 is 19.7 Å². The van der Waals surface area contributed by atoms with E-state index in [1.807, 2.05) is 19.1 Å². The Morgan fingerprint density at radius 3 is 1.74 bits per heavy atom. The van der Waals surface area contributed by atoms with Crippen LogP contribution in [0.15, 0.2) is 24.3 Å². The number of esters is 1. The second-order valence-electron chi connectivity index (χ2n) is 10.2. The standard InChI is InChI=1S/C27H49NO2Si/c1-5-30-27(29)24-25-18-20-26(21-19-25)28-22-16-14-12-10-8-6-7-9-11-13-15-17-23-31(2,3)4/h18-21,28H,5-17,22-24H2,1-4H3. The van der Waals surface area contributed by atoms with E-state index in [9.17, 15) is 4.79 Å². The highest BCUT2D eigenvalue weighted by Gasteiger charge is 2.11. The smallest absolute Gasteiger partial charge is 0.310 e. The van der Waals surface area contributed by atoms with E-state index in [-0.39, 0.29) is 5.97 Å². The van der Waals surface area contributed by atoms with Crippen molar-refractivity contribution in [1.82, 2.24) is 0 Å². The molecule has 0 aliphatic heterocycles. The van der Waals surface area contributed by atoms with Gasteiger partial charge in [-0.25, -0.2) is 0 Å². The van der Waals surface area contributed by atoms with Crippen molar-refractivity contribution in [2.75, 3.05) is 18.5 Å². The Kier molecular flexibility index (Phi) is 15.5. The van der Waals surface area contributed by atoms with E-state index in [0.717, 1.165) is 17.8 Å². The zero-order valence-electron chi connectivity index (χ0n) is 20.9. The van der Waals surface area contributed by atoms with Crippen molar-refractivity contribution in [3.05, 3.63) is 29.8 Å². The van der Waals surface area contributed by atoms with Crippen LogP contribution in [0, 0.1) is 0 Å². The zero-order chi connectivity index (χ0) is 22.8. The van der Waals surface area contributed by atoms with E-state index in [0.29, 0.717) is 13.0 Å². The lowest BCUT2D eigenvalue weighted by molar-refractivity contribution is -0.142. The van der Waals surface area contributed by atoms with E-state index in [1.165, 1.54) is 83.1 Å². The van der Waals surface area contributed by atoms with Gasteiger partial charge < -0.3 is 10.1 Å². The van der Waals surface area contributed by atoms with Gasteiger partial charge in [-0.2, -0.15) is 0 Å². The Morgan fingerprint density at radius 1 is 0.774 bits per heavy atom. The van der Waals surface area contributed by atoms with Crippen LogP contribution in [0.1, 0.15) is 89.5 Å². The SMILES string of the molecule is CCOC(=O)Cc1ccc(NCCCCCCCCCCCCCC[Si](C)(C)C)cc1. The van der Waals surface area contributed by atoms with Gasteiger partial charge in [0.2, 0.25) is 0 Å². The lowest BCUT2D eigenvalue weighted by atomic mass is 10.1. The first-order valence-corrected chi connectivity index (χ1v) is 16.6. The van der Waals surface area contributed by atoms with E-state index >= 15 is 0 Å². The quantitative estimate of drug-likeness (QED) is 0.132. The summed E-state index contributed by atoms with van der Waals surface area (Å²) in [7, 11) is -0.805. The van der Waals surface area contributed by atoms with Gasteiger partial charge in [0.05, 0.1) is 13.0 Å². The minimum absolute atomic E-state index is 0.156. The van der Waals surface area contributed by atoms with Gasteiger partial charge in [0, 0.05) is 20.3 Å². The number of rotatable bonds is 19. The van der Waals surface area contributed by atoms with E-state index in [2.05, 4.69) is 37.1 Å². The Balaban J connectivity index is 1.88. The number of ether oxygens (including phenoxy) is 1. The Hall–Kier alpha value is -1.29. The van der Waals surface area contributed by atoms with Crippen molar-refractivity contribution in [2.24, 2.45) is 0 Å². The molecular weight excluding hydrogens is 398 g/mol. The molecule has 31 heavy (non-hydrogen) atoms. The minimum Gasteiger partial charge on any atom is -0.466 e. The molecule has 0 radical (unpaired) electrons. The highest BCUT2D eigenvalue weighted by Crippen LogP contribution is 2.17. The summed E-state index contributed by atoms with van der Waals surface area (Å²) in [5, 5.41) is 3.48. The number of nitrogens with one attached hydrogen (secondary N) is 1. The predicted molar refractivity (Wildman–Crippen MR) is 139 cm³/mol. The third-order valence-electron chi connectivity index (χ3n) is 5.79. The van der Waals surface area contributed by atoms with Crippen LogP contribution in [0.25, 0.3) is 0 Å². The molecule has 0 spiro atoms.